The van der Waals surface area contributed by atoms with Crippen molar-refractivity contribution in [2.24, 2.45) is 0 Å². The Bertz CT molecular complexity index is 547. The Morgan fingerprint density at radius 1 is 1.17 bits per heavy atom. The summed E-state index contributed by atoms with van der Waals surface area (Å²) in [6.45, 7) is 0. The lowest BCUT2D eigenvalue weighted by Gasteiger charge is -2.09. The van der Waals surface area contributed by atoms with Gasteiger partial charge in [-0.1, -0.05) is 11.6 Å². The highest BCUT2D eigenvalue weighted by molar-refractivity contribution is 6.32. The van der Waals surface area contributed by atoms with Gasteiger partial charge in [0, 0.05) is 18.8 Å². The Kier molecular flexibility index (Phi) is 3.84. The van der Waals surface area contributed by atoms with Crippen LogP contribution in [0.1, 0.15) is 0 Å². The smallest absolute Gasteiger partial charge is 0.137 e. The summed E-state index contributed by atoms with van der Waals surface area (Å²) < 4.78 is 5.09. The molecule has 2 aromatic rings. The van der Waals surface area contributed by atoms with Crippen LogP contribution in [0.2, 0.25) is 5.02 Å². The van der Waals surface area contributed by atoms with E-state index < -0.39 is 0 Å². The lowest BCUT2D eigenvalue weighted by atomic mass is 10.3. The molecule has 0 bridgehead atoms. The Morgan fingerprint density at radius 3 is 2.61 bits per heavy atom. The number of hydrogen-bond acceptors (Lipinski definition) is 5. The zero-order valence-corrected chi connectivity index (χ0v) is 10.8. The van der Waals surface area contributed by atoms with Crippen LogP contribution in [0, 0.1) is 0 Å². The highest BCUT2D eigenvalue weighted by Gasteiger charge is 2.03. The molecular weight excluding hydrogens is 252 g/mol. The van der Waals surface area contributed by atoms with Crippen molar-refractivity contribution in [3.8, 4) is 5.75 Å². The van der Waals surface area contributed by atoms with Gasteiger partial charge >= 0.3 is 0 Å². The third-order valence-electron chi connectivity index (χ3n) is 2.35. The van der Waals surface area contributed by atoms with Gasteiger partial charge in [0.05, 0.1) is 12.1 Å². The fourth-order valence-electron chi connectivity index (χ4n) is 1.45. The first-order chi connectivity index (χ1) is 8.72. The minimum absolute atomic E-state index is 0.547. The topological polar surface area (TPSA) is 59.1 Å². The van der Waals surface area contributed by atoms with Crippen molar-refractivity contribution in [1.29, 1.82) is 0 Å². The number of rotatable bonds is 4. The summed E-state index contributed by atoms with van der Waals surface area (Å²) in [5.74, 6) is 2.07. The number of halogens is 1. The molecule has 0 atom stereocenters. The normalized spacial score (nSPS) is 9.94. The zero-order valence-electron chi connectivity index (χ0n) is 10.1. The Labute approximate surface area is 110 Å². The van der Waals surface area contributed by atoms with Crippen molar-refractivity contribution in [3.63, 3.8) is 0 Å². The molecule has 0 unspecified atom stereocenters. The zero-order chi connectivity index (χ0) is 13.0. The molecule has 2 N–H and O–H groups in total. The monoisotopic (exact) mass is 264 g/mol. The van der Waals surface area contributed by atoms with E-state index in [0.29, 0.717) is 16.6 Å². The van der Waals surface area contributed by atoms with Crippen LogP contribution in [0.3, 0.4) is 0 Å². The SMILES string of the molecule is CNc1cc(Nc2ccc(OC)c(Cl)c2)ncn1. The molecule has 0 radical (unpaired) electrons. The molecule has 0 aliphatic carbocycles. The van der Waals surface area contributed by atoms with Crippen LogP contribution in [-0.2, 0) is 0 Å². The predicted molar refractivity (Wildman–Crippen MR) is 72.9 cm³/mol. The van der Waals surface area contributed by atoms with Gasteiger partial charge in [-0.05, 0) is 18.2 Å². The lowest BCUT2D eigenvalue weighted by Crippen LogP contribution is -1.98. The molecule has 94 valence electrons. The molecule has 0 spiro atoms. The fraction of sp³-hybridized carbons (Fsp3) is 0.167. The van der Waals surface area contributed by atoms with Gasteiger partial charge in [0.25, 0.3) is 0 Å². The van der Waals surface area contributed by atoms with Crippen LogP contribution < -0.4 is 15.4 Å². The number of methoxy groups -OCH3 is 1. The van der Waals surface area contributed by atoms with Crippen molar-refractivity contribution in [2.75, 3.05) is 24.8 Å². The van der Waals surface area contributed by atoms with Crippen molar-refractivity contribution < 1.29 is 4.74 Å². The van der Waals surface area contributed by atoms with Gasteiger partial charge in [-0.15, -0.1) is 0 Å². The van der Waals surface area contributed by atoms with Crippen molar-refractivity contribution >= 4 is 28.9 Å². The lowest BCUT2D eigenvalue weighted by molar-refractivity contribution is 0.415. The molecule has 18 heavy (non-hydrogen) atoms. The summed E-state index contributed by atoms with van der Waals surface area (Å²) in [4.78, 5) is 8.15. The molecule has 0 fully saturated rings. The van der Waals surface area contributed by atoms with E-state index in [-0.39, 0.29) is 0 Å². The standard InChI is InChI=1S/C12H13ClN4O/c1-14-11-6-12(16-7-15-11)17-8-3-4-10(18-2)9(13)5-8/h3-7H,1-2H3,(H2,14,15,16,17). The van der Waals surface area contributed by atoms with Crippen LogP contribution in [0.15, 0.2) is 30.6 Å². The number of benzene rings is 1. The van der Waals surface area contributed by atoms with Gasteiger partial charge in [-0.2, -0.15) is 0 Å². The maximum absolute atomic E-state index is 6.04. The molecule has 1 heterocycles. The highest BCUT2D eigenvalue weighted by Crippen LogP contribution is 2.28. The molecule has 5 nitrogen and oxygen atoms in total. The number of nitrogens with zero attached hydrogens (tertiary/aromatic N) is 2. The summed E-state index contributed by atoms with van der Waals surface area (Å²) >= 11 is 6.04. The summed E-state index contributed by atoms with van der Waals surface area (Å²) in [5.41, 5.74) is 0.835. The molecule has 0 amide bonds. The first kappa shape index (κ1) is 12.4. The second-order valence-electron chi connectivity index (χ2n) is 3.51. The van der Waals surface area contributed by atoms with Gasteiger partial charge in [0.1, 0.15) is 23.7 Å². The maximum Gasteiger partial charge on any atom is 0.137 e. The number of anilines is 3. The van der Waals surface area contributed by atoms with E-state index in [9.17, 15) is 0 Å². The first-order valence-corrected chi connectivity index (χ1v) is 5.71. The third kappa shape index (κ3) is 2.81. The molecule has 0 aliphatic rings. The Balaban J connectivity index is 2.20. The number of nitrogens with one attached hydrogen (secondary N) is 2. The minimum Gasteiger partial charge on any atom is -0.495 e. The predicted octanol–water partition coefficient (Wildman–Crippen LogP) is 2.92. The maximum atomic E-state index is 6.04. The van der Waals surface area contributed by atoms with Crippen LogP contribution in [0.25, 0.3) is 0 Å². The fourth-order valence-corrected chi connectivity index (χ4v) is 1.71. The summed E-state index contributed by atoms with van der Waals surface area (Å²) in [6.07, 6.45) is 1.49. The summed E-state index contributed by atoms with van der Waals surface area (Å²) in [7, 11) is 3.38. The Morgan fingerprint density at radius 2 is 1.94 bits per heavy atom. The molecule has 0 saturated carbocycles. The average Bonchev–Trinajstić information content (AvgIpc) is 2.39. The van der Waals surface area contributed by atoms with Crippen LogP contribution in [-0.4, -0.2) is 24.1 Å². The Hall–Kier alpha value is -2.01. The van der Waals surface area contributed by atoms with E-state index >= 15 is 0 Å². The van der Waals surface area contributed by atoms with E-state index in [2.05, 4.69) is 20.6 Å². The van der Waals surface area contributed by atoms with E-state index in [0.717, 1.165) is 11.5 Å². The number of hydrogen-bond donors (Lipinski definition) is 2. The molecule has 1 aromatic heterocycles. The van der Waals surface area contributed by atoms with E-state index in [4.69, 9.17) is 16.3 Å². The molecule has 2 rings (SSSR count). The third-order valence-corrected chi connectivity index (χ3v) is 2.64. The highest BCUT2D eigenvalue weighted by atomic mass is 35.5. The van der Waals surface area contributed by atoms with Gasteiger partial charge in [0.2, 0.25) is 0 Å². The van der Waals surface area contributed by atoms with Gasteiger partial charge in [-0.3, -0.25) is 0 Å². The van der Waals surface area contributed by atoms with E-state index in [1.807, 2.05) is 6.07 Å². The van der Waals surface area contributed by atoms with Crippen molar-refractivity contribution in [3.05, 3.63) is 35.6 Å². The van der Waals surface area contributed by atoms with Gasteiger partial charge < -0.3 is 15.4 Å². The van der Waals surface area contributed by atoms with Crippen molar-refractivity contribution in [1.82, 2.24) is 9.97 Å². The second-order valence-corrected chi connectivity index (χ2v) is 3.92. The summed E-state index contributed by atoms with van der Waals surface area (Å²) in [5, 5.41) is 6.63. The number of ether oxygens (including phenoxy) is 1. The molecule has 0 saturated heterocycles. The van der Waals surface area contributed by atoms with Crippen LogP contribution in [0.4, 0.5) is 17.3 Å². The second kappa shape index (κ2) is 5.55. The molecule has 0 aliphatic heterocycles. The van der Waals surface area contributed by atoms with Gasteiger partial charge in [0.15, 0.2) is 0 Å². The molecule has 6 heteroatoms. The first-order valence-electron chi connectivity index (χ1n) is 5.33. The minimum atomic E-state index is 0.547. The van der Waals surface area contributed by atoms with Crippen LogP contribution >= 0.6 is 11.6 Å². The van der Waals surface area contributed by atoms with E-state index in [1.54, 1.807) is 32.4 Å². The summed E-state index contributed by atoms with van der Waals surface area (Å²) in [6, 6.07) is 7.25. The quantitative estimate of drug-likeness (QED) is 0.889. The van der Waals surface area contributed by atoms with Crippen LogP contribution in [0.5, 0.6) is 5.75 Å². The van der Waals surface area contributed by atoms with Crippen molar-refractivity contribution in [2.45, 2.75) is 0 Å². The molecular formula is C12H13ClN4O. The van der Waals surface area contributed by atoms with E-state index in [1.165, 1.54) is 6.33 Å². The number of aromatic nitrogens is 2. The average molecular weight is 265 g/mol. The molecule has 1 aromatic carbocycles. The van der Waals surface area contributed by atoms with Gasteiger partial charge in [-0.25, -0.2) is 9.97 Å². The largest absolute Gasteiger partial charge is 0.495 e.